The zero-order valence-electron chi connectivity index (χ0n) is 9.88. The number of halogens is 2. The molecule has 0 spiro atoms. The van der Waals surface area contributed by atoms with Crippen LogP contribution in [0.1, 0.15) is 10.5 Å². The lowest BCUT2D eigenvalue weighted by Gasteiger charge is -2.04. The molecule has 2 rings (SSSR count). The maximum Gasteiger partial charge on any atom is 0.325 e. The van der Waals surface area contributed by atoms with E-state index in [0.29, 0.717) is 15.2 Å². The van der Waals surface area contributed by atoms with E-state index in [-0.39, 0.29) is 12.2 Å². The summed E-state index contributed by atoms with van der Waals surface area (Å²) in [6.45, 7) is -0.357. The Labute approximate surface area is 126 Å². The summed E-state index contributed by atoms with van der Waals surface area (Å²) < 4.78 is 1.77. The van der Waals surface area contributed by atoms with Crippen molar-refractivity contribution in [3.8, 4) is 0 Å². The van der Waals surface area contributed by atoms with Crippen molar-refractivity contribution >= 4 is 45.1 Å². The van der Waals surface area contributed by atoms with Gasteiger partial charge in [0, 0.05) is 10.2 Å². The summed E-state index contributed by atoms with van der Waals surface area (Å²) in [7, 11) is 0. The van der Waals surface area contributed by atoms with Gasteiger partial charge in [0.15, 0.2) is 5.69 Å². The fourth-order valence-electron chi connectivity index (χ4n) is 1.39. The van der Waals surface area contributed by atoms with Crippen molar-refractivity contribution < 1.29 is 14.7 Å². The van der Waals surface area contributed by atoms with E-state index < -0.39 is 11.9 Å². The monoisotopic (exact) mass is 358 g/mol. The molecule has 0 unspecified atom stereocenters. The molecule has 0 fully saturated rings. The molecule has 2 N–H and O–H groups in total. The molecule has 0 aliphatic carbocycles. The van der Waals surface area contributed by atoms with Crippen LogP contribution in [-0.4, -0.2) is 32.0 Å². The van der Waals surface area contributed by atoms with Crippen LogP contribution in [0, 0.1) is 0 Å². The zero-order chi connectivity index (χ0) is 14.7. The first-order chi connectivity index (χ1) is 9.45. The van der Waals surface area contributed by atoms with E-state index in [1.54, 1.807) is 18.2 Å². The van der Waals surface area contributed by atoms with Crippen LogP contribution in [0.15, 0.2) is 28.9 Å². The van der Waals surface area contributed by atoms with E-state index in [0.717, 1.165) is 4.68 Å². The van der Waals surface area contributed by atoms with Crippen molar-refractivity contribution in [2.75, 3.05) is 5.32 Å². The van der Waals surface area contributed by atoms with Gasteiger partial charge in [-0.3, -0.25) is 9.59 Å². The molecule has 1 heterocycles. The van der Waals surface area contributed by atoms with Gasteiger partial charge in [-0.15, -0.1) is 5.10 Å². The summed E-state index contributed by atoms with van der Waals surface area (Å²) in [4.78, 5) is 22.4. The lowest BCUT2D eigenvalue weighted by molar-refractivity contribution is -0.137. The van der Waals surface area contributed by atoms with Gasteiger partial charge in [0.25, 0.3) is 5.91 Å². The number of carboxylic acid groups (broad SMARTS) is 1. The van der Waals surface area contributed by atoms with E-state index >= 15 is 0 Å². The first-order valence-electron chi connectivity index (χ1n) is 5.34. The standard InChI is InChI=1S/C11H8BrClN4O3/c12-7-2-1-6(3-8(7)13)14-11(20)9-4-17(16-15-9)5-10(18)19/h1-4H,5H2,(H,14,20)(H,18,19). The maximum atomic E-state index is 11.9. The molecule has 9 heteroatoms. The van der Waals surface area contributed by atoms with Crippen LogP contribution in [0.3, 0.4) is 0 Å². The van der Waals surface area contributed by atoms with Crippen molar-refractivity contribution in [3.05, 3.63) is 39.6 Å². The fraction of sp³-hybridized carbons (Fsp3) is 0.0909. The Kier molecular flexibility index (Phi) is 4.35. The number of carboxylic acids is 1. The smallest absolute Gasteiger partial charge is 0.325 e. The van der Waals surface area contributed by atoms with Gasteiger partial charge in [-0.1, -0.05) is 16.8 Å². The molecule has 1 aromatic heterocycles. The molecule has 0 radical (unpaired) electrons. The molecule has 7 nitrogen and oxygen atoms in total. The highest BCUT2D eigenvalue weighted by molar-refractivity contribution is 9.10. The minimum absolute atomic E-state index is 0.0188. The largest absolute Gasteiger partial charge is 0.480 e. The third-order valence-corrected chi connectivity index (χ3v) is 3.48. The van der Waals surface area contributed by atoms with Crippen molar-refractivity contribution in [2.24, 2.45) is 0 Å². The summed E-state index contributed by atoms with van der Waals surface area (Å²) in [5.41, 5.74) is 0.515. The number of benzene rings is 1. The summed E-state index contributed by atoms with van der Waals surface area (Å²) in [6.07, 6.45) is 1.25. The molecular formula is C11H8BrClN4O3. The Hall–Kier alpha value is -1.93. The topological polar surface area (TPSA) is 97.1 Å². The minimum Gasteiger partial charge on any atom is -0.480 e. The highest BCUT2D eigenvalue weighted by Gasteiger charge is 2.12. The van der Waals surface area contributed by atoms with Gasteiger partial charge in [-0.25, -0.2) is 4.68 Å². The summed E-state index contributed by atoms with van der Waals surface area (Å²) in [5, 5.41) is 18.8. The van der Waals surface area contributed by atoms with Crippen molar-refractivity contribution in [1.82, 2.24) is 15.0 Å². The Bertz CT molecular complexity index is 673. The number of carbonyl (C=O) groups excluding carboxylic acids is 1. The summed E-state index contributed by atoms with van der Waals surface area (Å²) >= 11 is 9.15. The van der Waals surface area contributed by atoms with Crippen molar-refractivity contribution in [1.29, 1.82) is 0 Å². The average Bonchev–Trinajstić information content (AvgIpc) is 2.81. The van der Waals surface area contributed by atoms with Crippen molar-refractivity contribution in [3.63, 3.8) is 0 Å². The molecule has 1 amide bonds. The third kappa shape index (κ3) is 3.55. The molecule has 0 saturated carbocycles. The number of rotatable bonds is 4. The highest BCUT2D eigenvalue weighted by Crippen LogP contribution is 2.25. The number of carbonyl (C=O) groups is 2. The van der Waals surface area contributed by atoms with Crippen LogP contribution < -0.4 is 5.32 Å². The number of nitrogens with zero attached hydrogens (tertiary/aromatic N) is 3. The number of aliphatic carboxylic acids is 1. The molecule has 2 aromatic rings. The summed E-state index contributed by atoms with van der Waals surface area (Å²) in [5.74, 6) is -1.57. The molecule has 0 bridgehead atoms. The Balaban J connectivity index is 2.09. The highest BCUT2D eigenvalue weighted by atomic mass is 79.9. The van der Waals surface area contributed by atoms with Gasteiger partial charge in [0.05, 0.1) is 11.2 Å². The third-order valence-electron chi connectivity index (χ3n) is 2.25. The SMILES string of the molecule is O=C(O)Cn1cc(C(=O)Nc2ccc(Br)c(Cl)c2)nn1. The molecule has 0 aliphatic rings. The number of anilines is 1. The molecule has 1 aromatic carbocycles. The predicted molar refractivity (Wildman–Crippen MR) is 74.8 cm³/mol. The lowest BCUT2D eigenvalue weighted by Crippen LogP contribution is -2.12. The van der Waals surface area contributed by atoms with Crippen LogP contribution in [0.5, 0.6) is 0 Å². The van der Waals surface area contributed by atoms with Gasteiger partial charge in [0.1, 0.15) is 6.54 Å². The summed E-state index contributed by atoms with van der Waals surface area (Å²) in [6, 6.07) is 4.93. The van der Waals surface area contributed by atoms with E-state index in [2.05, 4.69) is 31.6 Å². The Morgan fingerprint density at radius 3 is 2.85 bits per heavy atom. The van der Waals surface area contributed by atoms with E-state index in [9.17, 15) is 9.59 Å². The second-order valence-electron chi connectivity index (χ2n) is 3.78. The molecular weight excluding hydrogens is 352 g/mol. The minimum atomic E-state index is -1.07. The van der Waals surface area contributed by atoms with Crippen LogP contribution in [0.25, 0.3) is 0 Å². The molecule has 20 heavy (non-hydrogen) atoms. The second kappa shape index (κ2) is 6.02. The van der Waals surface area contributed by atoms with E-state index in [1.165, 1.54) is 6.20 Å². The normalized spacial score (nSPS) is 10.3. The number of hydrogen-bond acceptors (Lipinski definition) is 4. The van der Waals surface area contributed by atoms with Gasteiger partial charge in [0.2, 0.25) is 0 Å². The van der Waals surface area contributed by atoms with Crippen LogP contribution >= 0.6 is 27.5 Å². The zero-order valence-corrected chi connectivity index (χ0v) is 12.2. The quantitative estimate of drug-likeness (QED) is 0.870. The van der Waals surface area contributed by atoms with Crippen LogP contribution in [-0.2, 0) is 11.3 Å². The van der Waals surface area contributed by atoms with E-state index in [1.807, 2.05) is 0 Å². The molecule has 0 saturated heterocycles. The molecule has 104 valence electrons. The van der Waals surface area contributed by atoms with Crippen molar-refractivity contribution in [2.45, 2.75) is 6.54 Å². The van der Waals surface area contributed by atoms with Gasteiger partial charge in [-0.05, 0) is 34.1 Å². The van der Waals surface area contributed by atoms with Crippen LogP contribution in [0.4, 0.5) is 5.69 Å². The Morgan fingerprint density at radius 1 is 1.45 bits per heavy atom. The first kappa shape index (κ1) is 14.5. The first-order valence-corrected chi connectivity index (χ1v) is 6.51. The van der Waals surface area contributed by atoms with E-state index in [4.69, 9.17) is 16.7 Å². The second-order valence-corrected chi connectivity index (χ2v) is 5.04. The van der Waals surface area contributed by atoms with Crippen LogP contribution in [0.2, 0.25) is 5.02 Å². The number of hydrogen-bond donors (Lipinski definition) is 2. The average molecular weight is 360 g/mol. The molecule has 0 atom stereocenters. The molecule has 0 aliphatic heterocycles. The number of nitrogens with one attached hydrogen (secondary N) is 1. The maximum absolute atomic E-state index is 11.9. The fourth-order valence-corrected chi connectivity index (χ4v) is 1.81. The van der Waals surface area contributed by atoms with Gasteiger partial charge < -0.3 is 10.4 Å². The number of amides is 1. The van der Waals surface area contributed by atoms with Gasteiger partial charge in [-0.2, -0.15) is 0 Å². The van der Waals surface area contributed by atoms with Gasteiger partial charge >= 0.3 is 5.97 Å². The number of aromatic nitrogens is 3. The lowest BCUT2D eigenvalue weighted by atomic mass is 10.3. The Morgan fingerprint density at radius 2 is 2.20 bits per heavy atom. The predicted octanol–water partition coefficient (Wildman–Crippen LogP) is 2.03.